The van der Waals surface area contributed by atoms with Crippen molar-refractivity contribution < 1.29 is 25.9 Å². The van der Waals surface area contributed by atoms with Gasteiger partial charge >= 0.3 is 0 Å². The van der Waals surface area contributed by atoms with Crippen molar-refractivity contribution in [1.82, 2.24) is 9.97 Å². The van der Waals surface area contributed by atoms with E-state index in [1.54, 1.807) is 6.07 Å². The van der Waals surface area contributed by atoms with Crippen molar-refractivity contribution in [2.24, 2.45) is 0 Å². The molecule has 0 bridgehead atoms. The summed E-state index contributed by atoms with van der Waals surface area (Å²) in [5, 5.41) is 2.66. The lowest BCUT2D eigenvalue weighted by atomic mass is 10.0. The Kier molecular flexibility index (Phi) is 5.89. The average molecular weight is 472 g/mol. The van der Waals surface area contributed by atoms with Gasteiger partial charge in [-0.05, 0) is 18.2 Å². The number of nitrogens with zero attached hydrogens (tertiary/aromatic N) is 2. The van der Waals surface area contributed by atoms with Crippen LogP contribution in [0.2, 0.25) is 0 Å². The van der Waals surface area contributed by atoms with E-state index in [-0.39, 0.29) is 32.6 Å². The number of benzene rings is 2. The Morgan fingerprint density at radius 1 is 0.862 bits per heavy atom. The van der Waals surface area contributed by atoms with Gasteiger partial charge in [-0.15, -0.1) is 25.3 Å². The first-order valence-electron chi connectivity index (χ1n) is 7.67. The fourth-order valence-electron chi connectivity index (χ4n) is 2.64. The summed E-state index contributed by atoms with van der Waals surface area (Å²) < 4.78 is 67.7. The lowest BCUT2D eigenvalue weighted by Gasteiger charge is -2.19. The SMILES string of the molecule is O=S(=O)(O)c1ccccc1-c1c(S)cc(S)c(Nc2ncccn2)c1S(=O)(=O)O. The molecule has 0 aliphatic rings. The molecule has 1 heterocycles. The van der Waals surface area contributed by atoms with Crippen LogP contribution in [0.3, 0.4) is 0 Å². The number of hydrogen-bond donors (Lipinski definition) is 5. The van der Waals surface area contributed by atoms with Gasteiger partial charge in [0, 0.05) is 33.3 Å². The van der Waals surface area contributed by atoms with Crippen LogP contribution >= 0.6 is 25.3 Å². The molecule has 0 radical (unpaired) electrons. The van der Waals surface area contributed by atoms with E-state index in [2.05, 4.69) is 40.5 Å². The molecule has 3 N–H and O–H groups in total. The largest absolute Gasteiger partial charge is 0.322 e. The van der Waals surface area contributed by atoms with Crippen LogP contribution in [0.4, 0.5) is 11.6 Å². The van der Waals surface area contributed by atoms with Gasteiger partial charge in [-0.1, -0.05) is 18.2 Å². The lowest BCUT2D eigenvalue weighted by Crippen LogP contribution is -2.10. The van der Waals surface area contributed by atoms with Gasteiger partial charge in [0.05, 0.1) is 5.69 Å². The second kappa shape index (κ2) is 7.93. The molecule has 29 heavy (non-hydrogen) atoms. The van der Waals surface area contributed by atoms with Crippen LogP contribution in [0, 0.1) is 0 Å². The maximum Gasteiger partial charge on any atom is 0.297 e. The van der Waals surface area contributed by atoms with Gasteiger partial charge in [0.15, 0.2) is 0 Å². The molecule has 1 aromatic heterocycles. The predicted molar refractivity (Wildman–Crippen MR) is 111 cm³/mol. The highest BCUT2D eigenvalue weighted by Gasteiger charge is 2.29. The minimum atomic E-state index is -4.93. The Balaban J connectivity index is 2.42. The number of hydrogen-bond acceptors (Lipinski definition) is 9. The molecule has 0 atom stereocenters. The molecular formula is C16H13N3O6S4. The fraction of sp³-hybridized carbons (Fsp3) is 0. The van der Waals surface area contributed by atoms with Gasteiger partial charge < -0.3 is 5.32 Å². The van der Waals surface area contributed by atoms with Gasteiger partial charge in [0.25, 0.3) is 20.2 Å². The average Bonchev–Trinajstić information content (AvgIpc) is 2.63. The summed E-state index contributed by atoms with van der Waals surface area (Å²) >= 11 is 8.47. The third-order valence-corrected chi connectivity index (χ3v) is 6.28. The quantitative estimate of drug-likeness (QED) is 0.280. The summed E-state index contributed by atoms with van der Waals surface area (Å²) in [6.45, 7) is 0. The third-order valence-electron chi connectivity index (χ3n) is 3.73. The van der Waals surface area contributed by atoms with Crippen LogP contribution < -0.4 is 5.32 Å². The van der Waals surface area contributed by atoms with Crippen molar-refractivity contribution in [1.29, 1.82) is 0 Å². The molecule has 0 amide bonds. The van der Waals surface area contributed by atoms with E-state index in [1.807, 2.05) is 0 Å². The van der Waals surface area contributed by atoms with Gasteiger partial charge in [-0.2, -0.15) is 16.8 Å². The minimum absolute atomic E-state index is 0.00162. The first kappa shape index (κ1) is 21.5. The van der Waals surface area contributed by atoms with Crippen LogP contribution in [0.1, 0.15) is 0 Å². The summed E-state index contributed by atoms with van der Waals surface area (Å²) in [7, 11) is -9.65. The molecule has 2 aromatic carbocycles. The fourth-order valence-corrected chi connectivity index (χ4v) is 5.15. The third kappa shape index (κ3) is 4.55. The standard InChI is InChI=1S/C16H13N3O6S4/c20-28(21,22)12-5-2-1-4-9(12)13-10(26)8-11(27)14(15(13)29(23,24)25)19-16-17-6-3-7-18-16/h1-8,26-27H,(H,17,18,19)(H,20,21,22)(H,23,24,25). The Morgan fingerprint density at radius 3 is 2.07 bits per heavy atom. The van der Waals surface area contributed by atoms with Crippen molar-refractivity contribution in [3.05, 3.63) is 48.8 Å². The molecule has 9 nitrogen and oxygen atoms in total. The molecule has 0 aliphatic heterocycles. The van der Waals surface area contributed by atoms with Crippen molar-refractivity contribution in [3.8, 4) is 11.1 Å². The summed E-state index contributed by atoms with van der Waals surface area (Å²) in [6.07, 6.45) is 2.81. The molecule has 0 saturated carbocycles. The highest BCUT2D eigenvalue weighted by molar-refractivity contribution is 7.86. The Morgan fingerprint density at radius 2 is 1.48 bits per heavy atom. The first-order chi connectivity index (χ1) is 13.5. The van der Waals surface area contributed by atoms with Crippen LogP contribution in [0.15, 0.2) is 68.4 Å². The van der Waals surface area contributed by atoms with Gasteiger partial charge in [0.2, 0.25) is 5.95 Å². The molecule has 13 heteroatoms. The number of nitrogens with one attached hydrogen (secondary N) is 1. The monoisotopic (exact) mass is 471 g/mol. The van der Waals surface area contributed by atoms with Gasteiger partial charge in [-0.25, -0.2) is 9.97 Å². The molecule has 3 rings (SSSR count). The van der Waals surface area contributed by atoms with Crippen LogP contribution in [-0.2, 0) is 20.2 Å². The minimum Gasteiger partial charge on any atom is -0.322 e. The predicted octanol–water partition coefficient (Wildman–Crippen LogP) is 2.96. The van der Waals surface area contributed by atoms with E-state index in [4.69, 9.17) is 0 Å². The van der Waals surface area contributed by atoms with Gasteiger partial charge in [0.1, 0.15) is 9.79 Å². The van der Waals surface area contributed by atoms with Crippen LogP contribution in [0.5, 0.6) is 0 Å². The molecule has 3 aromatic rings. The highest BCUT2D eigenvalue weighted by Crippen LogP contribution is 2.44. The molecular weight excluding hydrogens is 458 g/mol. The normalized spacial score (nSPS) is 12.0. The van der Waals surface area contributed by atoms with Gasteiger partial charge in [-0.3, -0.25) is 9.11 Å². The maximum atomic E-state index is 12.3. The molecule has 0 fully saturated rings. The molecule has 0 saturated heterocycles. The first-order valence-corrected chi connectivity index (χ1v) is 11.4. The summed E-state index contributed by atoms with van der Waals surface area (Å²) in [6, 6.07) is 8.04. The van der Waals surface area contributed by atoms with Crippen molar-refractivity contribution >= 4 is 57.1 Å². The summed E-state index contributed by atoms with van der Waals surface area (Å²) in [5.74, 6) is 0.00799. The second-order valence-corrected chi connectivity index (χ2v) is 9.35. The molecule has 0 aliphatic carbocycles. The van der Waals surface area contributed by atoms with Crippen LogP contribution in [0.25, 0.3) is 11.1 Å². The smallest absolute Gasteiger partial charge is 0.297 e. The topological polar surface area (TPSA) is 147 Å². The zero-order valence-electron chi connectivity index (χ0n) is 14.3. The number of rotatable bonds is 5. The Hall–Kier alpha value is -2.16. The zero-order valence-corrected chi connectivity index (χ0v) is 17.7. The molecule has 0 unspecified atom stereocenters. The van der Waals surface area contributed by atoms with Crippen molar-refractivity contribution in [2.75, 3.05) is 5.32 Å². The van der Waals surface area contributed by atoms with E-state index in [9.17, 15) is 25.9 Å². The number of anilines is 2. The van der Waals surface area contributed by atoms with E-state index >= 15 is 0 Å². The summed E-state index contributed by atoms with van der Waals surface area (Å²) in [4.78, 5) is 6.68. The van der Waals surface area contributed by atoms with E-state index in [1.165, 1.54) is 36.7 Å². The number of thiol groups is 2. The molecule has 152 valence electrons. The van der Waals surface area contributed by atoms with E-state index in [0.717, 1.165) is 6.07 Å². The van der Waals surface area contributed by atoms with E-state index < -0.39 is 30.0 Å². The maximum absolute atomic E-state index is 12.3. The van der Waals surface area contributed by atoms with Crippen LogP contribution in [-0.4, -0.2) is 35.9 Å². The Bertz CT molecular complexity index is 1300. The highest BCUT2D eigenvalue weighted by atomic mass is 32.2. The lowest BCUT2D eigenvalue weighted by molar-refractivity contribution is 0.480. The number of aromatic nitrogens is 2. The zero-order chi connectivity index (χ0) is 21.4. The van der Waals surface area contributed by atoms with Crippen molar-refractivity contribution in [2.45, 2.75) is 19.6 Å². The Labute approximate surface area is 177 Å². The van der Waals surface area contributed by atoms with Crippen molar-refractivity contribution in [3.63, 3.8) is 0 Å². The second-order valence-electron chi connectivity index (χ2n) is 5.64. The van der Waals surface area contributed by atoms with E-state index in [0.29, 0.717) is 0 Å². The summed E-state index contributed by atoms with van der Waals surface area (Å²) in [5.41, 5.74) is -0.627. The molecule has 0 spiro atoms.